The minimum Gasteiger partial charge on any atom is -0.490 e. The molecule has 0 amide bonds. The van der Waals surface area contributed by atoms with Crippen LogP contribution in [0.15, 0.2) is 16.6 Å². The molecular formula is C14H17BrO4. The first-order chi connectivity index (χ1) is 8.92. The molecule has 0 bridgehead atoms. The highest BCUT2D eigenvalue weighted by Gasteiger charge is 2.29. The third-order valence-electron chi connectivity index (χ3n) is 3.14. The average Bonchev–Trinajstić information content (AvgIpc) is 2.58. The van der Waals surface area contributed by atoms with Crippen LogP contribution < -0.4 is 9.47 Å². The van der Waals surface area contributed by atoms with E-state index in [1.165, 1.54) is 0 Å². The predicted octanol–water partition coefficient (Wildman–Crippen LogP) is 3.26. The minimum absolute atomic E-state index is 0.430. The number of halogens is 1. The lowest BCUT2D eigenvalue weighted by Gasteiger charge is -2.21. The van der Waals surface area contributed by atoms with Crippen LogP contribution in [0.4, 0.5) is 0 Å². The Morgan fingerprint density at radius 1 is 1.37 bits per heavy atom. The number of hydrogen-bond donors (Lipinski definition) is 1. The highest BCUT2D eigenvalue weighted by atomic mass is 79.9. The zero-order valence-electron chi connectivity index (χ0n) is 11.0. The molecule has 0 aliphatic carbocycles. The quantitative estimate of drug-likeness (QED) is 0.925. The Morgan fingerprint density at radius 2 is 2.05 bits per heavy atom. The van der Waals surface area contributed by atoms with E-state index in [1.807, 2.05) is 12.1 Å². The third-order valence-corrected chi connectivity index (χ3v) is 4.01. The van der Waals surface area contributed by atoms with Gasteiger partial charge in [0.05, 0.1) is 23.1 Å². The number of fused-ring (bicyclic) bond motifs is 1. The zero-order valence-corrected chi connectivity index (χ0v) is 12.6. The number of rotatable bonds is 3. The fourth-order valence-corrected chi connectivity index (χ4v) is 2.51. The smallest absolute Gasteiger partial charge is 0.309 e. The summed E-state index contributed by atoms with van der Waals surface area (Å²) in [6, 6.07) is 3.74. The molecule has 1 aliphatic rings. The average molecular weight is 329 g/mol. The first-order valence-corrected chi connectivity index (χ1v) is 7.01. The summed E-state index contributed by atoms with van der Waals surface area (Å²) < 4.78 is 12.1. The number of hydrogen-bond acceptors (Lipinski definition) is 3. The second-order valence-electron chi connectivity index (χ2n) is 5.28. The summed E-state index contributed by atoms with van der Waals surface area (Å²) in [7, 11) is 0. The SMILES string of the molecule is CC(C)(Cc1ccc2c(c1Br)OCCCO2)C(=O)O. The Balaban J connectivity index is 2.33. The minimum atomic E-state index is -0.817. The van der Waals surface area contributed by atoms with E-state index in [4.69, 9.17) is 9.47 Å². The molecule has 1 aromatic rings. The van der Waals surface area contributed by atoms with Crippen LogP contribution in [0.25, 0.3) is 0 Å². The normalized spacial score (nSPS) is 14.9. The van der Waals surface area contributed by atoms with Crippen molar-refractivity contribution in [2.24, 2.45) is 5.41 Å². The zero-order chi connectivity index (χ0) is 14.0. The molecule has 0 fully saturated rings. The molecule has 2 rings (SSSR count). The Kier molecular flexibility index (Phi) is 4.04. The van der Waals surface area contributed by atoms with Crippen molar-refractivity contribution in [3.05, 3.63) is 22.2 Å². The highest BCUT2D eigenvalue weighted by Crippen LogP contribution is 2.41. The van der Waals surface area contributed by atoms with E-state index in [2.05, 4.69) is 15.9 Å². The van der Waals surface area contributed by atoms with E-state index in [1.54, 1.807) is 13.8 Å². The van der Waals surface area contributed by atoms with Crippen molar-refractivity contribution < 1.29 is 19.4 Å². The molecule has 0 aromatic heterocycles. The van der Waals surface area contributed by atoms with Gasteiger partial charge in [-0.3, -0.25) is 4.79 Å². The first kappa shape index (κ1) is 14.2. The van der Waals surface area contributed by atoms with Gasteiger partial charge >= 0.3 is 5.97 Å². The number of ether oxygens (including phenoxy) is 2. The molecule has 1 aliphatic heterocycles. The molecule has 104 valence electrons. The van der Waals surface area contributed by atoms with Crippen molar-refractivity contribution in [2.75, 3.05) is 13.2 Å². The standard InChI is InChI=1S/C14H17BrO4/c1-14(2,13(16)17)8-9-4-5-10-12(11(9)15)19-7-3-6-18-10/h4-5H,3,6-8H2,1-2H3,(H,16,17). The van der Waals surface area contributed by atoms with E-state index in [0.29, 0.717) is 31.1 Å². The molecule has 19 heavy (non-hydrogen) atoms. The van der Waals surface area contributed by atoms with Gasteiger partial charge in [-0.05, 0) is 47.8 Å². The maximum Gasteiger partial charge on any atom is 0.309 e. The number of benzene rings is 1. The highest BCUT2D eigenvalue weighted by molar-refractivity contribution is 9.10. The van der Waals surface area contributed by atoms with Gasteiger partial charge in [-0.1, -0.05) is 6.07 Å². The summed E-state index contributed by atoms with van der Waals surface area (Å²) in [6.07, 6.45) is 1.27. The Hall–Kier alpha value is -1.23. The van der Waals surface area contributed by atoms with Gasteiger partial charge in [-0.2, -0.15) is 0 Å². The lowest BCUT2D eigenvalue weighted by atomic mass is 9.86. The van der Waals surface area contributed by atoms with Gasteiger partial charge in [0.25, 0.3) is 0 Å². The molecule has 5 heteroatoms. The first-order valence-electron chi connectivity index (χ1n) is 6.22. The van der Waals surface area contributed by atoms with Gasteiger partial charge in [0.2, 0.25) is 0 Å². The van der Waals surface area contributed by atoms with Crippen LogP contribution in [-0.2, 0) is 11.2 Å². The second-order valence-corrected chi connectivity index (χ2v) is 6.08. The number of carboxylic acid groups (broad SMARTS) is 1. The van der Waals surface area contributed by atoms with E-state index >= 15 is 0 Å². The van der Waals surface area contributed by atoms with E-state index in [0.717, 1.165) is 16.5 Å². The van der Waals surface area contributed by atoms with Gasteiger partial charge in [0.15, 0.2) is 11.5 Å². The molecule has 1 aromatic carbocycles. The summed E-state index contributed by atoms with van der Waals surface area (Å²) in [5, 5.41) is 9.21. The van der Waals surface area contributed by atoms with E-state index in [9.17, 15) is 9.90 Å². The van der Waals surface area contributed by atoms with Crippen molar-refractivity contribution in [1.29, 1.82) is 0 Å². The monoisotopic (exact) mass is 328 g/mol. The molecule has 0 saturated heterocycles. The van der Waals surface area contributed by atoms with E-state index < -0.39 is 11.4 Å². The summed E-state index contributed by atoms with van der Waals surface area (Å²) >= 11 is 3.51. The van der Waals surface area contributed by atoms with Crippen LogP contribution in [0, 0.1) is 5.41 Å². The number of carboxylic acids is 1. The van der Waals surface area contributed by atoms with Crippen LogP contribution in [0.5, 0.6) is 11.5 Å². The van der Waals surface area contributed by atoms with Crippen LogP contribution >= 0.6 is 15.9 Å². The maximum atomic E-state index is 11.2. The largest absolute Gasteiger partial charge is 0.490 e. The van der Waals surface area contributed by atoms with Crippen LogP contribution in [0.3, 0.4) is 0 Å². The molecule has 0 spiro atoms. The topological polar surface area (TPSA) is 55.8 Å². The van der Waals surface area contributed by atoms with Gasteiger partial charge < -0.3 is 14.6 Å². The summed E-state index contributed by atoms with van der Waals surface area (Å²) in [5.74, 6) is 0.573. The molecule has 1 N–H and O–H groups in total. The summed E-state index contributed by atoms with van der Waals surface area (Å²) in [4.78, 5) is 11.2. The van der Waals surface area contributed by atoms with Crippen LogP contribution in [0.1, 0.15) is 25.8 Å². The molecule has 0 radical (unpaired) electrons. The lowest BCUT2D eigenvalue weighted by Crippen LogP contribution is -2.26. The molecule has 0 atom stereocenters. The van der Waals surface area contributed by atoms with Crippen LogP contribution in [0.2, 0.25) is 0 Å². The Bertz CT molecular complexity index is 496. The Labute approximate surface area is 120 Å². The second kappa shape index (κ2) is 5.41. The van der Waals surface area contributed by atoms with Gasteiger partial charge in [0.1, 0.15) is 0 Å². The van der Waals surface area contributed by atoms with Crippen molar-refractivity contribution in [3.63, 3.8) is 0 Å². The molecule has 0 unspecified atom stereocenters. The van der Waals surface area contributed by atoms with Gasteiger partial charge in [-0.15, -0.1) is 0 Å². The van der Waals surface area contributed by atoms with Crippen molar-refractivity contribution >= 4 is 21.9 Å². The number of carbonyl (C=O) groups is 1. The Morgan fingerprint density at radius 3 is 2.74 bits per heavy atom. The molecule has 1 heterocycles. The number of aliphatic carboxylic acids is 1. The molecular weight excluding hydrogens is 312 g/mol. The van der Waals surface area contributed by atoms with E-state index in [-0.39, 0.29) is 0 Å². The van der Waals surface area contributed by atoms with Gasteiger partial charge in [-0.25, -0.2) is 0 Å². The molecule has 4 nitrogen and oxygen atoms in total. The molecule has 0 saturated carbocycles. The summed E-state index contributed by atoms with van der Waals surface area (Å²) in [5.41, 5.74) is 0.0964. The lowest BCUT2D eigenvalue weighted by molar-refractivity contribution is -0.146. The van der Waals surface area contributed by atoms with Gasteiger partial charge in [0, 0.05) is 6.42 Å². The fraction of sp³-hybridized carbons (Fsp3) is 0.500. The third kappa shape index (κ3) is 3.03. The van der Waals surface area contributed by atoms with Crippen LogP contribution in [-0.4, -0.2) is 24.3 Å². The van der Waals surface area contributed by atoms with Crippen molar-refractivity contribution in [2.45, 2.75) is 26.7 Å². The fourth-order valence-electron chi connectivity index (χ4n) is 1.93. The maximum absolute atomic E-state index is 11.2. The predicted molar refractivity (Wildman–Crippen MR) is 74.9 cm³/mol. The summed E-state index contributed by atoms with van der Waals surface area (Å²) in [6.45, 7) is 4.67. The van der Waals surface area contributed by atoms with Crippen molar-refractivity contribution in [1.82, 2.24) is 0 Å². The van der Waals surface area contributed by atoms with Crippen molar-refractivity contribution in [3.8, 4) is 11.5 Å².